The van der Waals surface area contributed by atoms with Crippen molar-refractivity contribution >= 4 is 27.3 Å². The number of rotatable bonds is 9. The highest BCUT2D eigenvalue weighted by Crippen LogP contribution is 2.24. The van der Waals surface area contributed by atoms with E-state index in [0.717, 1.165) is 11.1 Å². The summed E-state index contributed by atoms with van der Waals surface area (Å²) < 4.78 is 31.7. The molecule has 0 bridgehead atoms. The zero-order chi connectivity index (χ0) is 24.0. The van der Waals surface area contributed by atoms with E-state index in [9.17, 15) is 13.2 Å². The Labute approximate surface area is 196 Å². The van der Waals surface area contributed by atoms with Crippen LogP contribution in [0.25, 0.3) is 0 Å². The van der Waals surface area contributed by atoms with Crippen LogP contribution in [0.1, 0.15) is 36.5 Å². The van der Waals surface area contributed by atoms with Gasteiger partial charge in [-0.05, 0) is 60.4 Å². The molecule has 0 unspecified atom stereocenters. The minimum Gasteiger partial charge on any atom is -0.484 e. The first-order chi connectivity index (χ1) is 15.6. The molecule has 0 aromatic heterocycles. The number of sulfonamides is 1. The number of carbonyl (C=O) groups excluding carboxylic acids is 1. The van der Waals surface area contributed by atoms with Crippen molar-refractivity contribution in [3.05, 3.63) is 89.5 Å². The Morgan fingerprint density at radius 2 is 1.55 bits per heavy atom. The van der Waals surface area contributed by atoms with Crippen LogP contribution in [0.5, 0.6) is 5.75 Å². The lowest BCUT2D eigenvalue weighted by Gasteiger charge is -2.23. The average molecular weight is 467 g/mol. The lowest BCUT2D eigenvalue weighted by Crippen LogP contribution is -2.29. The molecule has 0 atom stereocenters. The Bertz CT molecular complexity index is 1170. The highest BCUT2D eigenvalue weighted by Gasteiger charge is 2.18. The van der Waals surface area contributed by atoms with Crippen molar-refractivity contribution in [2.45, 2.75) is 33.2 Å². The van der Waals surface area contributed by atoms with E-state index in [1.54, 1.807) is 24.3 Å². The van der Waals surface area contributed by atoms with Crippen LogP contribution in [0.3, 0.4) is 0 Å². The highest BCUT2D eigenvalue weighted by atomic mass is 32.2. The van der Waals surface area contributed by atoms with Crippen molar-refractivity contribution in [2.75, 3.05) is 22.5 Å². The molecule has 0 spiro atoms. The van der Waals surface area contributed by atoms with Gasteiger partial charge in [0.15, 0.2) is 6.61 Å². The zero-order valence-electron chi connectivity index (χ0n) is 19.4. The van der Waals surface area contributed by atoms with Crippen LogP contribution in [0.2, 0.25) is 0 Å². The number of aryl methyl sites for hydroxylation is 1. The highest BCUT2D eigenvalue weighted by molar-refractivity contribution is 7.92. The van der Waals surface area contributed by atoms with E-state index < -0.39 is 10.0 Å². The van der Waals surface area contributed by atoms with E-state index in [0.29, 0.717) is 23.0 Å². The SMILES string of the molecule is Cc1ccc(CN(c2ccc(OCC(=O)Nc3ccc(C(C)C)cc3)cc2)S(C)(=O)=O)cc1. The Kier molecular flexibility index (Phi) is 7.76. The van der Waals surface area contributed by atoms with E-state index in [1.807, 2.05) is 55.5 Å². The smallest absolute Gasteiger partial charge is 0.262 e. The molecule has 174 valence electrons. The van der Waals surface area contributed by atoms with Gasteiger partial charge < -0.3 is 10.1 Å². The molecule has 1 N–H and O–H groups in total. The molecule has 0 radical (unpaired) electrons. The van der Waals surface area contributed by atoms with Crippen molar-refractivity contribution in [3.8, 4) is 5.75 Å². The molecule has 7 heteroatoms. The second-order valence-electron chi connectivity index (χ2n) is 8.36. The van der Waals surface area contributed by atoms with E-state index in [2.05, 4.69) is 19.2 Å². The second-order valence-corrected chi connectivity index (χ2v) is 10.3. The standard InChI is InChI=1S/C26H30N2O4S/c1-19(2)22-9-11-23(12-10-22)27-26(29)18-32-25-15-13-24(14-16-25)28(33(4,30)31)17-21-7-5-20(3)6-8-21/h5-16,19H,17-18H2,1-4H3,(H,27,29). The molecule has 1 amide bonds. The molecule has 0 saturated carbocycles. The van der Waals surface area contributed by atoms with Gasteiger partial charge in [0, 0.05) is 5.69 Å². The lowest BCUT2D eigenvalue weighted by atomic mass is 10.0. The molecule has 0 aliphatic carbocycles. The number of benzene rings is 3. The summed E-state index contributed by atoms with van der Waals surface area (Å²) in [5, 5.41) is 2.81. The maximum absolute atomic E-state index is 12.4. The van der Waals surface area contributed by atoms with Crippen molar-refractivity contribution in [1.82, 2.24) is 0 Å². The van der Waals surface area contributed by atoms with E-state index in [1.165, 1.54) is 16.1 Å². The average Bonchev–Trinajstić information content (AvgIpc) is 2.77. The van der Waals surface area contributed by atoms with Gasteiger partial charge in [0.25, 0.3) is 5.91 Å². The summed E-state index contributed by atoms with van der Waals surface area (Å²) >= 11 is 0. The molecule has 0 fully saturated rings. The molecule has 0 aliphatic rings. The summed E-state index contributed by atoms with van der Waals surface area (Å²) in [4.78, 5) is 12.2. The Balaban J connectivity index is 1.60. The van der Waals surface area contributed by atoms with E-state index in [-0.39, 0.29) is 19.1 Å². The van der Waals surface area contributed by atoms with Crippen LogP contribution in [-0.4, -0.2) is 27.2 Å². The summed E-state index contributed by atoms with van der Waals surface area (Å²) in [6, 6.07) is 22.1. The molecule has 0 heterocycles. The third-order valence-corrected chi connectivity index (χ3v) is 6.34. The number of anilines is 2. The monoisotopic (exact) mass is 466 g/mol. The van der Waals surface area contributed by atoms with Crippen LogP contribution >= 0.6 is 0 Å². The fourth-order valence-corrected chi connectivity index (χ4v) is 4.15. The largest absolute Gasteiger partial charge is 0.484 e. The number of hydrogen-bond acceptors (Lipinski definition) is 4. The van der Waals surface area contributed by atoms with Crippen LogP contribution in [0, 0.1) is 6.92 Å². The van der Waals surface area contributed by atoms with Crippen LogP contribution < -0.4 is 14.4 Å². The predicted molar refractivity (Wildman–Crippen MR) is 133 cm³/mol. The Hall–Kier alpha value is -3.32. The van der Waals surface area contributed by atoms with Gasteiger partial charge in [-0.2, -0.15) is 0 Å². The number of nitrogens with one attached hydrogen (secondary N) is 1. The topological polar surface area (TPSA) is 75.7 Å². The maximum atomic E-state index is 12.4. The second kappa shape index (κ2) is 10.5. The molecular formula is C26H30N2O4S. The van der Waals surface area contributed by atoms with Crippen LogP contribution in [-0.2, 0) is 21.4 Å². The normalized spacial score (nSPS) is 11.3. The summed E-state index contributed by atoms with van der Waals surface area (Å²) in [5.41, 5.74) is 4.45. The molecule has 3 aromatic rings. The molecular weight excluding hydrogens is 436 g/mol. The van der Waals surface area contributed by atoms with Gasteiger partial charge in [-0.25, -0.2) is 8.42 Å². The van der Waals surface area contributed by atoms with Gasteiger partial charge in [0.05, 0.1) is 18.5 Å². The van der Waals surface area contributed by atoms with Gasteiger partial charge in [-0.15, -0.1) is 0 Å². The zero-order valence-corrected chi connectivity index (χ0v) is 20.2. The van der Waals surface area contributed by atoms with Crippen molar-refractivity contribution < 1.29 is 17.9 Å². The van der Waals surface area contributed by atoms with E-state index in [4.69, 9.17) is 4.74 Å². The molecule has 6 nitrogen and oxygen atoms in total. The number of carbonyl (C=O) groups is 1. The third-order valence-electron chi connectivity index (χ3n) is 5.20. The fraction of sp³-hybridized carbons (Fsp3) is 0.269. The van der Waals surface area contributed by atoms with Gasteiger partial charge in [-0.1, -0.05) is 55.8 Å². The van der Waals surface area contributed by atoms with Crippen LogP contribution in [0.4, 0.5) is 11.4 Å². The quantitative estimate of drug-likeness (QED) is 0.476. The fourth-order valence-electron chi connectivity index (χ4n) is 3.27. The lowest BCUT2D eigenvalue weighted by molar-refractivity contribution is -0.118. The van der Waals surface area contributed by atoms with Crippen LogP contribution in [0.15, 0.2) is 72.8 Å². The van der Waals surface area contributed by atoms with E-state index >= 15 is 0 Å². The van der Waals surface area contributed by atoms with Gasteiger partial charge in [-0.3, -0.25) is 9.10 Å². The Morgan fingerprint density at radius 3 is 2.09 bits per heavy atom. The first-order valence-corrected chi connectivity index (χ1v) is 12.6. The summed E-state index contributed by atoms with van der Waals surface area (Å²) in [5.74, 6) is 0.637. The minimum atomic E-state index is -3.48. The number of nitrogens with zero attached hydrogens (tertiary/aromatic N) is 1. The Morgan fingerprint density at radius 1 is 0.939 bits per heavy atom. The number of hydrogen-bond donors (Lipinski definition) is 1. The van der Waals surface area contributed by atoms with Crippen molar-refractivity contribution in [2.24, 2.45) is 0 Å². The number of ether oxygens (including phenoxy) is 1. The molecule has 0 aliphatic heterocycles. The molecule has 3 aromatic carbocycles. The summed E-state index contributed by atoms with van der Waals surface area (Å²) in [6.45, 7) is 6.30. The first-order valence-electron chi connectivity index (χ1n) is 10.8. The van der Waals surface area contributed by atoms with Crippen molar-refractivity contribution in [1.29, 1.82) is 0 Å². The predicted octanol–water partition coefficient (Wildman–Crippen LogP) is 5.10. The molecule has 33 heavy (non-hydrogen) atoms. The summed E-state index contributed by atoms with van der Waals surface area (Å²) in [6.07, 6.45) is 1.18. The van der Waals surface area contributed by atoms with Gasteiger partial charge in [0.1, 0.15) is 5.75 Å². The maximum Gasteiger partial charge on any atom is 0.262 e. The van der Waals surface area contributed by atoms with Gasteiger partial charge >= 0.3 is 0 Å². The molecule has 0 saturated heterocycles. The van der Waals surface area contributed by atoms with Crippen molar-refractivity contribution in [3.63, 3.8) is 0 Å². The minimum absolute atomic E-state index is 0.148. The first kappa shape index (κ1) is 24.3. The molecule has 3 rings (SSSR count). The van der Waals surface area contributed by atoms with Gasteiger partial charge in [0.2, 0.25) is 10.0 Å². The number of amides is 1. The summed E-state index contributed by atoms with van der Waals surface area (Å²) in [7, 11) is -3.48. The third kappa shape index (κ3) is 7.08.